The van der Waals surface area contributed by atoms with Crippen LogP contribution in [-0.4, -0.2) is 21.3 Å². The average Bonchev–Trinajstić information content (AvgIpc) is 2.56. The van der Waals surface area contributed by atoms with Crippen LogP contribution in [0, 0.1) is 0 Å². The van der Waals surface area contributed by atoms with Gasteiger partial charge in [0, 0.05) is 18.9 Å². The molecule has 2 aromatic carbocycles. The van der Waals surface area contributed by atoms with E-state index >= 15 is 0 Å². The molecule has 0 fully saturated rings. The van der Waals surface area contributed by atoms with Crippen molar-refractivity contribution in [3.8, 4) is 22.6 Å². The van der Waals surface area contributed by atoms with Gasteiger partial charge in [-0.1, -0.05) is 12.1 Å². The lowest BCUT2D eigenvalue weighted by atomic mass is 9.99. The zero-order chi connectivity index (χ0) is 18.0. The van der Waals surface area contributed by atoms with E-state index in [-0.39, 0.29) is 35.4 Å². The third-order valence-electron chi connectivity index (χ3n) is 3.90. The van der Waals surface area contributed by atoms with E-state index in [1.165, 1.54) is 30.3 Å². The molecule has 0 aliphatic rings. The second kappa shape index (κ2) is 6.68. The van der Waals surface area contributed by atoms with Crippen molar-refractivity contribution in [2.45, 2.75) is 19.3 Å². The summed E-state index contributed by atoms with van der Waals surface area (Å²) in [4.78, 5) is 23.7. The highest BCUT2D eigenvalue weighted by Gasteiger charge is 2.17. The minimum atomic E-state index is -0.924. The number of benzene rings is 2. The molecule has 0 saturated heterocycles. The molecule has 0 spiro atoms. The first kappa shape index (κ1) is 16.6. The van der Waals surface area contributed by atoms with Gasteiger partial charge in [0.2, 0.25) is 5.43 Å². The van der Waals surface area contributed by atoms with Crippen LogP contribution in [0.5, 0.6) is 11.5 Å². The van der Waals surface area contributed by atoms with Crippen molar-refractivity contribution < 1.29 is 24.5 Å². The van der Waals surface area contributed by atoms with E-state index in [9.17, 15) is 19.8 Å². The molecular formula is C19H16O6. The molecule has 3 aromatic rings. The number of phenolic OH excluding ortho intramolecular Hbond substituents is 2. The Morgan fingerprint density at radius 1 is 1.00 bits per heavy atom. The minimum Gasteiger partial charge on any atom is -0.508 e. The molecule has 0 aliphatic carbocycles. The summed E-state index contributed by atoms with van der Waals surface area (Å²) in [5.41, 5.74) is 0.894. The van der Waals surface area contributed by atoms with Gasteiger partial charge in [0.15, 0.2) is 0 Å². The molecule has 1 aromatic heterocycles. The summed E-state index contributed by atoms with van der Waals surface area (Å²) in [5.74, 6) is -0.516. The number of hydrogen-bond acceptors (Lipinski definition) is 5. The Morgan fingerprint density at radius 2 is 1.68 bits per heavy atom. The van der Waals surface area contributed by atoms with Crippen LogP contribution in [0.15, 0.2) is 51.7 Å². The second-order valence-electron chi connectivity index (χ2n) is 5.70. The first-order valence-corrected chi connectivity index (χ1v) is 7.75. The van der Waals surface area contributed by atoms with Crippen LogP contribution in [0.3, 0.4) is 0 Å². The highest BCUT2D eigenvalue weighted by atomic mass is 16.4. The van der Waals surface area contributed by atoms with Crippen LogP contribution in [0.4, 0.5) is 0 Å². The van der Waals surface area contributed by atoms with E-state index in [0.717, 1.165) is 0 Å². The Kier molecular flexibility index (Phi) is 4.43. The number of aromatic hydroxyl groups is 2. The molecule has 6 nitrogen and oxygen atoms in total. The molecule has 128 valence electrons. The van der Waals surface area contributed by atoms with E-state index < -0.39 is 5.97 Å². The number of fused-ring (bicyclic) bond motifs is 1. The van der Waals surface area contributed by atoms with Gasteiger partial charge in [0.25, 0.3) is 0 Å². The van der Waals surface area contributed by atoms with Gasteiger partial charge < -0.3 is 19.7 Å². The Labute approximate surface area is 142 Å². The number of carboxylic acid groups (broad SMARTS) is 1. The van der Waals surface area contributed by atoms with Gasteiger partial charge in [0.1, 0.15) is 22.8 Å². The molecule has 3 N–H and O–H groups in total. The quantitative estimate of drug-likeness (QED) is 0.658. The van der Waals surface area contributed by atoms with E-state index in [1.54, 1.807) is 12.1 Å². The van der Waals surface area contributed by atoms with Crippen LogP contribution < -0.4 is 5.43 Å². The number of hydrogen-bond donors (Lipinski definition) is 3. The smallest absolute Gasteiger partial charge is 0.303 e. The number of carbonyl (C=O) groups is 1. The van der Waals surface area contributed by atoms with Crippen LogP contribution in [0.2, 0.25) is 0 Å². The molecule has 25 heavy (non-hydrogen) atoms. The summed E-state index contributed by atoms with van der Waals surface area (Å²) in [7, 11) is 0. The fourth-order valence-corrected chi connectivity index (χ4v) is 2.72. The molecule has 1 heterocycles. The van der Waals surface area contributed by atoms with Gasteiger partial charge in [-0.15, -0.1) is 0 Å². The fraction of sp³-hybridized carbons (Fsp3) is 0.158. The average molecular weight is 340 g/mol. The van der Waals surface area contributed by atoms with E-state index in [1.807, 2.05) is 0 Å². The number of phenols is 2. The van der Waals surface area contributed by atoms with Crippen molar-refractivity contribution in [3.63, 3.8) is 0 Å². The molecule has 0 aliphatic heterocycles. The summed E-state index contributed by atoms with van der Waals surface area (Å²) in [6.07, 6.45) is 0.536. The summed E-state index contributed by atoms with van der Waals surface area (Å²) in [6, 6.07) is 10.4. The number of carboxylic acids is 1. The van der Waals surface area contributed by atoms with Crippen LogP contribution in [0.25, 0.3) is 22.1 Å². The van der Waals surface area contributed by atoms with Crippen molar-refractivity contribution in [1.29, 1.82) is 0 Å². The Hall–Kier alpha value is -3.28. The fourth-order valence-electron chi connectivity index (χ4n) is 2.72. The number of rotatable bonds is 5. The molecule has 0 amide bonds. The molecule has 3 rings (SSSR count). The molecule has 0 bridgehead atoms. The summed E-state index contributed by atoms with van der Waals surface area (Å²) >= 11 is 0. The number of aliphatic carboxylic acids is 1. The van der Waals surface area contributed by atoms with Crippen molar-refractivity contribution in [1.82, 2.24) is 0 Å². The standard InChI is InChI=1S/C19H16O6/c20-12-6-4-11(5-7-12)18-15(2-1-3-17(22)23)25-16-10-13(21)8-9-14(16)19(18)24/h4-10,20-21H,1-3H2,(H,22,23). The molecule has 0 saturated carbocycles. The first-order chi connectivity index (χ1) is 12.0. The second-order valence-corrected chi connectivity index (χ2v) is 5.70. The highest BCUT2D eigenvalue weighted by molar-refractivity contribution is 5.84. The van der Waals surface area contributed by atoms with Crippen molar-refractivity contribution >= 4 is 16.9 Å². The third kappa shape index (κ3) is 3.47. The largest absolute Gasteiger partial charge is 0.508 e. The van der Waals surface area contributed by atoms with Gasteiger partial charge in [0.05, 0.1) is 10.9 Å². The maximum absolute atomic E-state index is 12.9. The Bertz CT molecular complexity index is 985. The first-order valence-electron chi connectivity index (χ1n) is 7.75. The molecule has 0 unspecified atom stereocenters. The van der Waals surface area contributed by atoms with Crippen molar-refractivity contribution in [2.24, 2.45) is 0 Å². The van der Waals surface area contributed by atoms with Gasteiger partial charge in [-0.05, 0) is 36.2 Å². The number of aryl methyl sites for hydroxylation is 1. The summed E-state index contributed by atoms with van der Waals surface area (Å²) in [5, 5.41) is 28.2. The monoisotopic (exact) mass is 340 g/mol. The lowest BCUT2D eigenvalue weighted by Gasteiger charge is -2.10. The molecule has 6 heteroatoms. The normalized spacial score (nSPS) is 10.9. The molecule has 0 atom stereocenters. The van der Waals surface area contributed by atoms with Crippen LogP contribution in [0.1, 0.15) is 18.6 Å². The molecule has 0 radical (unpaired) electrons. The van der Waals surface area contributed by atoms with Crippen LogP contribution in [-0.2, 0) is 11.2 Å². The SMILES string of the molecule is O=C(O)CCCc1oc2cc(O)ccc2c(=O)c1-c1ccc(O)cc1. The summed E-state index contributed by atoms with van der Waals surface area (Å²) < 4.78 is 5.81. The summed E-state index contributed by atoms with van der Waals surface area (Å²) in [6.45, 7) is 0. The maximum Gasteiger partial charge on any atom is 0.303 e. The maximum atomic E-state index is 12.9. The van der Waals surface area contributed by atoms with Crippen LogP contribution >= 0.6 is 0 Å². The zero-order valence-corrected chi connectivity index (χ0v) is 13.2. The van der Waals surface area contributed by atoms with Crippen molar-refractivity contribution in [2.75, 3.05) is 0 Å². The topological polar surface area (TPSA) is 108 Å². The molecular weight excluding hydrogens is 324 g/mol. The lowest BCUT2D eigenvalue weighted by Crippen LogP contribution is -2.09. The van der Waals surface area contributed by atoms with E-state index in [2.05, 4.69) is 0 Å². The van der Waals surface area contributed by atoms with Gasteiger partial charge in [-0.2, -0.15) is 0 Å². The Balaban J connectivity index is 2.18. The Morgan fingerprint density at radius 3 is 2.36 bits per heavy atom. The lowest BCUT2D eigenvalue weighted by molar-refractivity contribution is -0.137. The van der Waals surface area contributed by atoms with Crippen molar-refractivity contribution in [3.05, 3.63) is 58.4 Å². The van der Waals surface area contributed by atoms with Gasteiger partial charge in [-0.25, -0.2) is 0 Å². The van der Waals surface area contributed by atoms with Gasteiger partial charge in [-0.3, -0.25) is 9.59 Å². The van der Waals surface area contributed by atoms with Gasteiger partial charge >= 0.3 is 5.97 Å². The third-order valence-corrected chi connectivity index (χ3v) is 3.90. The van der Waals surface area contributed by atoms with E-state index in [4.69, 9.17) is 9.52 Å². The zero-order valence-electron chi connectivity index (χ0n) is 13.2. The predicted octanol–water partition coefficient (Wildman–Crippen LogP) is 3.28. The minimum absolute atomic E-state index is 0.0236. The predicted molar refractivity (Wildman–Crippen MR) is 91.8 cm³/mol. The van der Waals surface area contributed by atoms with E-state index in [0.29, 0.717) is 28.7 Å². The highest BCUT2D eigenvalue weighted by Crippen LogP contribution is 2.28.